The molecule has 1 aliphatic rings. The van der Waals surface area contributed by atoms with Crippen molar-refractivity contribution < 1.29 is 19.0 Å². The number of hydrogen-bond donors (Lipinski definition) is 0. The Morgan fingerprint density at radius 3 is 2.91 bits per heavy atom. The minimum Gasteiger partial charge on any atom is -0.493 e. The molecule has 0 unspecified atom stereocenters. The van der Waals surface area contributed by atoms with Crippen molar-refractivity contribution in [1.82, 2.24) is 19.5 Å². The Hall–Kier alpha value is -3.91. The van der Waals surface area contributed by atoms with Crippen LogP contribution in [0.3, 0.4) is 0 Å². The lowest BCUT2D eigenvalue weighted by atomic mass is 9.99. The molecule has 5 rings (SSSR count). The summed E-state index contributed by atoms with van der Waals surface area (Å²) in [5, 5.41) is 4.33. The van der Waals surface area contributed by atoms with Gasteiger partial charge in [-0.15, -0.1) is 0 Å². The molecule has 0 spiro atoms. The second kappa shape index (κ2) is 10.6. The molecule has 1 aromatic carbocycles. The zero-order valence-corrected chi connectivity index (χ0v) is 19.7. The second-order valence-electron chi connectivity index (χ2n) is 8.57. The maximum atomic E-state index is 13.5. The number of aromatic nitrogens is 3. The summed E-state index contributed by atoms with van der Waals surface area (Å²) in [6.45, 7) is 2.57. The molecular weight excluding hydrogens is 444 g/mol. The van der Waals surface area contributed by atoms with Gasteiger partial charge in [-0.1, -0.05) is 12.1 Å². The number of hydrogen-bond acceptors (Lipinski definition) is 6. The third-order valence-corrected chi connectivity index (χ3v) is 6.17. The molecule has 4 aromatic rings. The van der Waals surface area contributed by atoms with Crippen molar-refractivity contribution in [2.24, 2.45) is 5.92 Å². The maximum absolute atomic E-state index is 13.5. The second-order valence-corrected chi connectivity index (χ2v) is 8.57. The Labute approximate surface area is 204 Å². The number of methoxy groups -OCH3 is 1. The molecule has 1 saturated heterocycles. The third-order valence-electron chi connectivity index (χ3n) is 6.17. The highest BCUT2D eigenvalue weighted by atomic mass is 16.5. The predicted molar refractivity (Wildman–Crippen MR) is 131 cm³/mol. The monoisotopic (exact) mass is 472 g/mol. The number of carbonyl (C=O) groups excluding carboxylic acids is 1. The van der Waals surface area contributed by atoms with Crippen LogP contribution in [0.4, 0.5) is 0 Å². The van der Waals surface area contributed by atoms with E-state index >= 15 is 0 Å². The molecule has 1 atom stereocenters. The topological polar surface area (TPSA) is 78.2 Å². The fourth-order valence-electron chi connectivity index (χ4n) is 4.43. The fourth-order valence-corrected chi connectivity index (χ4v) is 4.43. The number of rotatable bonds is 7. The zero-order chi connectivity index (χ0) is 24.0. The van der Waals surface area contributed by atoms with Crippen LogP contribution in [0.2, 0.25) is 0 Å². The van der Waals surface area contributed by atoms with Gasteiger partial charge in [-0.05, 0) is 54.4 Å². The van der Waals surface area contributed by atoms with Gasteiger partial charge in [0.15, 0.2) is 11.5 Å². The van der Waals surface area contributed by atoms with Gasteiger partial charge >= 0.3 is 0 Å². The minimum atomic E-state index is -0.0478. The molecule has 8 heteroatoms. The van der Waals surface area contributed by atoms with E-state index in [1.54, 1.807) is 37.7 Å². The van der Waals surface area contributed by atoms with E-state index in [1.807, 2.05) is 45.9 Å². The molecule has 0 aliphatic carbocycles. The Morgan fingerprint density at radius 1 is 1.11 bits per heavy atom. The van der Waals surface area contributed by atoms with Crippen LogP contribution >= 0.6 is 0 Å². The Morgan fingerprint density at radius 2 is 2.06 bits per heavy atom. The number of carbonyl (C=O) groups is 1. The van der Waals surface area contributed by atoms with Gasteiger partial charge in [-0.2, -0.15) is 5.10 Å². The summed E-state index contributed by atoms with van der Waals surface area (Å²) < 4.78 is 19.2. The molecule has 35 heavy (non-hydrogen) atoms. The molecule has 0 saturated carbocycles. The molecule has 3 aromatic heterocycles. The van der Waals surface area contributed by atoms with Crippen LogP contribution in [0.5, 0.6) is 11.5 Å². The lowest BCUT2D eigenvalue weighted by molar-refractivity contribution is 0.0736. The van der Waals surface area contributed by atoms with Gasteiger partial charge in [0.1, 0.15) is 6.61 Å². The maximum Gasteiger partial charge on any atom is 0.254 e. The van der Waals surface area contributed by atoms with E-state index in [-0.39, 0.29) is 18.4 Å². The summed E-state index contributed by atoms with van der Waals surface area (Å²) in [6.07, 6.45) is 6.27. The average Bonchev–Trinajstić information content (AvgIpc) is 3.27. The van der Waals surface area contributed by atoms with Crippen LogP contribution < -0.4 is 9.47 Å². The van der Waals surface area contributed by atoms with Gasteiger partial charge in [0.25, 0.3) is 5.91 Å². The standard InChI is InChI=1S/C27H28N4O4/c1-33-25-8-7-22(16-26(25)35-19-23-6-2-3-10-28-23)27(32)30-13-14-34-18-20(17-30)15-21-5-4-12-31-24(21)9-11-29-31/h2-12,16,20H,13-15,17-19H2,1H3/t20-/m1/s1. The average molecular weight is 473 g/mol. The van der Waals surface area contributed by atoms with Gasteiger partial charge in [0, 0.05) is 43.2 Å². The molecule has 8 nitrogen and oxygen atoms in total. The molecule has 180 valence electrons. The van der Waals surface area contributed by atoms with Gasteiger partial charge in [0.05, 0.1) is 31.5 Å². The SMILES string of the molecule is COc1ccc(C(=O)N2CCOC[C@H](Cc3cccn4nccc34)C2)cc1OCc1ccccn1. The Bertz CT molecular complexity index is 1290. The van der Waals surface area contributed by atoms with Crippen molar-refractivity contribution in [3.05, 3.63) is 90.0 Å². The fraction of sp³-hybridized carbons (Fsp3) is 0.296. The number of benzene rings is 1. The molecule has 1 aliphatic heterocycles. The van der Waals surface area contributed by atoms with E-state index in [2.05, 4.69) is 16.1 Å². The van der Waals surface area contributed by atoms with Gasteiger partial charge in [-0.3, -0.25) is 9.78 Å². The number of pyridine rings is 2. The van der Waals surface area contributed by atoms with Crippen LogP contribution in [0, 0.1) is 5.92 Å². The molecule has 1 amide bonds. The first-order valence-electron chi connectivity index (χ1n) is 11.7. The third kappa shape index (κ3) is 5.27. The number of nitrogens with zero attached hydrogens (tertiary/aromatic N) is 4. The Kier molecular flexibility index (Phi) is 6.90. The van der Waals surface area contributed by atoms with Gasteiger partial charge in [-0.25, -0.2) is 4.52 Å². The molecule has 4 heterocycles. The predicted octanol–water partition coefficient (Wildman–Crippen LogP) is 3.65. The normalized spacial score (nSPS) is 16.1. The van der Waals surface area contributed by atoms with Crippen molar-refractivity contribution >= 4 is 11.4 Å². The van der Waals surface area contributed by atoms with E-state index in [0.29, 0.717) is 43.4 Å². The minimum absolute atomic E-state index is 0.0478. The highest BCUT2D eigenvalue weighted by Crippen LogP contribution is 2.30. The van der Waals surface area contributed by atoms with Crippen molar-refractivity contribution in [3.8, 4) is 11.5 Å². The van der Waals surface area contributed by atoms with E-state index < -0.39 is 0 Å². The van der Waals surface area contributed by atoms with Gasteiger partial charge < -0.3 is 19.1 Å². The molecule has 1 fully saturated rings. The lowest BCUT2D eigenvalue weighted by Gasteiger charge is -2.24. The van der Waals surface area contributed by atoms with Crippen molar-refractivity contribution in [2.45, 2.75) is 13.0 Å². The zero-order valence-electron chi connectivity index (χ0n) is 19.7. The molecule has 0 radical (unpaired) electrons. The van der Waals surface area contributed by atoms with Crippen molar-refractivity contribution in [3.63, 3.8) is 0 Å². The quantitative estimate of drug-likeness (QED) is 0.409. The van der Waals surface area contributed by atoms with Crippen LogP contribution in [-0.4, -0.2) is 58.8 Å². The largest absolute Gasteiger partial charge is 0.493 e. The summed E-state index contributed by atoms with van der Waals surface area (Å²) in [6, 6.07) is 17.1. The van der Waals surface area contributed by atoms with E-state index in [4.69, 9.17) is 14.2 Å². The van der Waals surface area contributed by atoms with Crippen LogP contribution in [0.25, 0.3) is 5.52 Å². The van der Waals surface area contributed by atoms with E-state index in [0.717, 1.165) is 17.6 Å². The first kappa shape index (κ1) is 22.9. The van der Waals surface area contributed by atoms with Gasteiger partial charge in [0.2, 0.25) is 0 Å². The highest BCUT2D eigenvalue weighted by molar-refractivity contribution is 5.95. The lowest BCUT2D eigenvalue weighted by Crippen LogP contribution is -2.36. The summed E-state index contributed by atoms with van der Waals surface area (Å²) in [4.78, 5) is 19.7. The van der Waals surface area contributed by atoms with E-state index in [9.17, 15) is 4.79 Å². The van der Waals surface area contributed by atoms with Crippen molar-refractivity contribution in [1.29, 1.82) is 0 Å². The highest BCUT2D eigenvalue weighted by Gasteiger charge is 2.25. The van der Waals surface area contributed by atoms with Crippen LogP contribution in [0.1, 0.15) is 21.6 Å². The van der Waals surface area contributed by atoms with E-state index in [1.165, 1.54) is 5.56 Å². The first-order chi connectivity index (χ1) is 17.2. The number of amides is 1. The first-order valence-corrected chi connectivity index (χ1v) is 11.7. The summed E-state index contributed by atoms with van der Waals surface area (Å²) >= 11 is 0. The van der Waals surface area contributed by atoms with Crippen LogP contribution in [-0.2, 0) is 17.8 Å². The Balaban J connectivity index is 1.31. The number of fused-ring (bicyclic) bond motifs is 1. The molecule has 0 bridgehead atoms. The number of ether oxygens (including phenoxy) is 3. The molecular formula is C27H28N4O4. The molecule has 0 N–H and O–H groups in total. The summed E-state index contributed by atoms with van der Waals surface area (Å²) in [5.41, 5.74) is 3.63. The van der Waals surface area contributed by atoms with Crippen molar-refractivity contribution in [2.75, 3.05) is 33.4 Å². The van der Waals surface area contributed by atoms with Crippen LogP contribution in [0.15, 0.2) is 73.2 Å². The smallest absolute Gasteiger partial charge is 0.254 e. The summed E-state index contributed by atoms with van der Waals surface area (Å²) in [7, 11) is 1.59. The summed E-state index contributed by atoms with van der Waals surface area (Å²) in [5.74, 6) is 1.22.